The van der Waals surface area contributed by atoms with Gasteiger partial charge < -0.3 is 5.73 Å². The predicted octanol–water partition coefficient (Wildman–Crippen LogP) is 1.10. The zero-order valence-corrected chi connectivity index (χ0v) is 9.07. The third-order valence-corrected chi connectivity index (χ3v) is 3.94. The highest BCUT2D eigenvalue weighted by Crippen LogP contribution is 2.38. The molecule has 0 aromatic carbocycles. The maximum absolute atomic E-state index is 5.70. The largest absolute Gasteiger partial charge is 0.367 e. The maximum Gasteiger partial charge on any atom is 0.240 e. The Morgan fingerprint density at radius 1 is 1.57 bits per heavy atom. The molecular formula is C8H15N5S. The summed E-state index contributed by atoms with van der Waals surface area (Å²) in [7, 11) is 0. The smallest absolute Gasteiger partial charge is 0.240 e. The van der Waals surface area contributed by atoms with Crippen molar-refractivity contribution in [1.29, 1.82) is 0 Å². The minimum Gasteiger partial charge on any atom is -0.367 e. The molecule has 2 rings (SSSR count). The molecular weight excluding hydrogens is 198 g/mol. The lowest BCUT2D eigenvalue weighted by Gasteiger charge is -2.18. The Kier molecular flexibility index (Phi) is 2.90. The van der Waals surface area contributed by atoms with E-state index in [2.05, 4.69) is 22.4 Å². The Labute approximate surface area is 87.4 Å². The molecule has 0 spiro atoms. The molecule has 14 heavy (non-hydrogen) atoms. The van der Waals surface area contributed by atoms with Gasteiger partial charge >= 0.3 is 0 Å². The highest BCUT2D eigenvalue weighted by atomic mass is 32.2. The third kappa shape index (κ3) is 1.70. The van der Waals surface area contributed by atoms with Crippen LogP contribution in [0.25, 0.3) is 0 Å². The number of nitrogens with two attached hydrogens (primary N) is 1. The fraction of sp³-hybridized carbons (Fsp3) is 0.875. The number of hydrogen-bond donors (Lipinski definition) is 1. The van der Waals surface area contributed by atoms with Gasteiger partial charge in [0.25, 0.3) is 0 Å². The van der Waals surface area contributed by atoms with Crippen molar-refractivity contribution in [3.63, 3.8) is 0 Å². The van der Waals surface area contributed by atoms with Crippen molar-refractivity contribution in [2.75, 3.05) is 11.5 Å². The van der Waals surface area contributed by atoms with E-state index in [1.807, 2.05) is 11.8 Å². The summed E-state index contributed by atoms with van der Waals surface area (Å²) in [5, 5.41) is 11.9. The SMILES string of the molecule is CCSC1CCCC1n1nnnc1N. The van der Waals surface area contributed by atoms with E-state index in [4.69, 9.17) is 5.73 Å². The molecule has 2 unspecified atom stereocenters. The number of nitrogen functional groups attached to an aromatic ring is 1. The number of hydrogen-bond acceptors (Lipinski definition) is 5. The van der Waals surface area contributed by atoms with Crippen LogP contribution in [0.2, 0.25) is 0 Å². The van der Waals surface area contributed by atoms with Gasteiger partial charge in [0, 0.05) is 5.25 Å². The lowest BCUT2D eigenvalue weighted by Crippen LogP contribution is -2.19. The van der Waals surface area contributed by atoms with Crippen molar-refractivity contribution in [1.82, 2.24) is 20.2 Å². The molecule has 0 saturated heterocycles. The number of aromatic nitrogens is 4. The number of rotatable bonds is 3. The Bertz CT molecular complexity index is 300. The van der Waals surface area contributed by atoms with Gasteiger partial charge in [-0.1, -0.05) is 18.4 Å². The van der Waals surface area contributed by atoms with Gasteiger partial charge in [-0.25, -0.2) is 4.68 Å². The third-order valence-electron chi connectivity index (χ3n) is 2.63. The minimum atomic E-state index is 0.398. The molecule has 78 valence electrons. The number of tetrazole rings is 1. The summed E-state index contributed by atoms with van der Waals surface area (Å²) in [6, 6.07) is 0.398. The fourth-order valence-corrected chi connectivity index (χ4v) is 3.27. The lowest BCUT2D eigenvalue weighted by atomic mass is 10.2. The molecule has 0 amide bonds. The van der Waals surface area contributed by atoms with Gasteiger partial charge in [0.15, 0.2) is 0 Å². The first-order valence-corrected chi connectivity index (χ1v) is 6.02. The Balaban J connectivity index is 2.13. The zero-order chi connectivity index (χ0) is 9.97. The Hall–Kier alpha value is -0.780. The average Bonchev–Trinajstić information content (AvgIpc) is 2.74. The van der Waals surface area contributed by atoms with Crippen LogP contribution in [-0.4, -0.2) is 31.2 Å². The summed E-state index contributed by atoms with van der Waals surface area (Å²) in [5.41, 5.74) is 5.70. The normalized spacial score (nSPS) is 26.9. The van der Waals surface area contributed by atoms with Crippen LogP contribution in [0.1, 0.15) is 32.2 Å². The second-order valence-corrected chi connectivity index (χ2v) is 4.99. The molecule has 1 aromatic heterocycles. The standard InChI is InChI=1S/C8H15N5S/c1-2-14-7-5-3-4-6(7)13-8(9)10-11-12-13/h6-7H,2-5H2,1H3,(H2,9,10,12). The van der Waals surface area contributed by atoms with Gasteiger partial charge in [0.05, 0.1) is 6.04 Å². The van der Waals surface area contributed by atoms with Gasteiger partial charge in [0.2, 0.25) is 5.95 Å². The van der Waals surface area contributed by atoms with E-state index in [0.717, 1.165) is 12.2 Å². The van der Waals surface area contributed by atoms with E-state index >= 15 is 0 Å². The Morgan fingerprint density at radius 3 is 3.07 bits per heavy atom. The van der Waals surface area contributed by atoms with Crippen LogP contribution in [0, 0.1) is 0 Å². The number of nitrogens with zero attached hydrogens (tertiary/aromatic N) is 4. The lowest BCUT2D eigenvalue weighted by molar-refractivity contribution is 0.467. The van der Waals surface area contributed by atoms with Crippen molar-refractivity contribution < 1.29 is 0 Å². The second kappa shape index (κ2) is 4.16. The first kappa shape index (κ1) is 9.76. The van der Waals surface area contributed by atoms with E-state index in [1.54, 1.807) is 4.68 Å². The molecule has 1 aliphatic rings. The predicted molar refractivity (Wildman–Crippen MR) is 57.0 cm³/mol. The van der Waals surface area contributed by atoms with Gasteiger partial charge in [-0.05, 0) is 29.0 Å². The van der Waals surface area contributed by atoms with Crippen molar-refractivity contribution in [3.8, 4) is 0 Å². The molecule has 1 heterocycles. The molecule has 2 N–H and O–H groups in total. The average molecular weight is 213 g/mol. The van der Waals surface area contributed by atoms with Crippen LogP contribution < -0.4 is 5.73 Å². The van der Waals surface area contributed by atoms with Crippen LogP contribution in [0.3, 0.4) is 0 Å². The highest BCUT2D eigenvalue weighted by molar-refractivity contribution is 7.99. The van der Waals surface area contributed by atoms with E-state index in [0.29, 0.717) is 17.2 Å². The quantitative estimate of drug-likeness (QED) is 0.814. The van der Waals surface area contributed by atoms with Gasteiger partial charge in [-0.2, -0.15) is 11.8 Å². The molecule has 1 aromatic rings. The highest BCUT2D eigenvalue weighted by Gasteiger charge is 2.30. The molecule has 0 radical (unpaired) electrons. The van der Waals surface area contributed by atoms with Gasteiger partial charge in [0.1, 0.15) is 0 Å². The summed E-state index contributed by atoms with van der Waals surface area (Å²) >= 11 is 1.98. The summed E-state index contributed by atoms with van der Waals surface area (Å²) in [5.74, 6) is 1.59. The van der Waals surface area contributed by atoms with Crippen LogP contribution >= 0.6 is 11.8 Å². The van der Waals surface area contributed by atoms with Crippen LogP contribution in [-0.2, 0) is 0 Å². The first-order chi connectivity index (χ1) is 6.83. The van der Waals surface area contributed by atoms with E-state index in [1.165, 1.54) is 12.8 Å². The second-order valence-electron chi connectivity index (χ2n) is 3.47. The van der Waals surface area contributed by atoms with Crippen molar-refractivity contribution in [2.45, 2.75) is 37.5 Å². The maximum atomic E-state index is 5.70. The zero-order valence-electron chi connectivity index (χ0n) is 8.26. The summed E-state index contributed by atoms with van der Waals surface area (Å²) in [6.45, 7) is 2.18. The van der Waals surface area contributed by atoms with E-state index in [-0.39, 0.29) is 0 Å². The monoisotopic (exact) mass is 213 g/mol. The summed E-state index contributed by atoms with van der Waals surface area (Å²) in [6.07, 6.45) is 3.65. The molecule has 1 fully saturated rings. The molecule has 2 atom stereocenters. The molecule has 0 bridgehead atoms. The Morgan fingerprint density at radius 2 is 2.43 bits per heavy atom. The number of thioether (sulfide) groups is 1. The van der Waals surface area contributed by atoms with Crippen molar-refractivity contribution in [3.05, 3.63) is 0 Å². The molecule has 0 aliphatic heterocycles. The van der Waals surface area contributed by atoms with Gasteiger partial charge in [-0.15, -0.1) is 0 Å². The number of anilines is 1. The van der Waals surface area contributed by atoms with Crippen molar-refractivity contribution in [2.24, 2.45) is 0 Å². The minimum absolute atomic E-state index is 0.398. The molecule has 1 aliphatic carbocycles. The first-order valence-electron chi connectivity index (χ1n) is 4.98. The van der Waals surface area contributed by atoms with E-state index in [9.17, 15) is 0 Å². The fourth-order valence-electron chi connectivity index (χ4n) is 2.03. The topological polar surface area (TPSA) is 69.6 Å². The van der Waals surface area contributed by atoms with Crippen molar-refractivity contribution >= 4 is 17.7 Å². The molecule has 1 saturated carbocycles. The van der Waals surface area contributed by atoms with Gasteiger partial charge in [-0.3, -0.25) is 0 Å². The molecule has 6 heteroatoms. The van der Waals surface area contributed by atoms with E-state index < -0.39 is 0 Å². The van der Waals surface area contributed by atoms with Crippen LogP contribution in [0.4, 0.5) is 5.95 Å². The summed E-state index contributed by atoms with van der Waals surface area (Å²) in [4.78, 5) is 0. The molecule has 5 nitrogen and oxygen atoms in total. The summed E-state index contributed by atoms with van der Waals surface area (Å²) < 4.78 is 1.78. The van der Waals surface area contributed by atoms with Crippen LogP contribution in [0.15, 0.2) is 0 Å². The van der Waals surface area contributed by atoms with Crippen LogP contribution in [0.5, 0.6) is 0 Å².